The molecule has 1 N–H and O–H groups in total. The van der Waals surface area contributed by atoms with Gasteiger partial charge in [-0.2, -0.15) is 0 Å². The summed E-state index contributed by atoms with van der Waals surface area (Å²) < 4.78 is 0. The molecule has 0 aliphatic carbocycles. The number of aliphatic hydroxyl groups excluding tert-OH is 1. The number of piperazine rings is 1. The van der Waals surface area contributed by atoms with Crippen molar-refractivity contribution in [2.45, 2.75) is 58.6 Å². The van der Waals surface area contributed by atoms with Gasteiger partial charge in [0.05, 0.1) is 6.10 Å². The second kappa shape index (κ2) is 8.06. The van der Waals surface area contributed by atoms with Gasteiger partial charge < -0.3 is 10.0 Å². The second-order valence-corrected chi connectivity index (χ2v) is 5.56. The molecule has 0 aromatic heterocycles. The second-order valence-electron chi connectivity index (χ2n) is 5.56. The standard InChI is InChI=1S/C14H30N2O/c1-4-5-6-14(17)7-8-15-9-11-16(12-10-15)13(2)3/h13-14,17H,4-12H2,1-3H3/t14-/m1/s1. The summed E-state index contributed by atoms with van der Waals surface area (Å²) >= 11 is 0. The summed E-state index contributed by atoms with van der Waals surface area (Å²) in [5.41, 5.74) is 0. The fraction of sp³-hybridized carbons (Fsp3) is 1.00. The van der Waals surface area contributed by atoms with E-state index in [4.69, 9.17) is 0 Å². The van der Waals surface area contributed by atoms with E-state index >= 15 is 0 Å². The van der Waals surface area contributed by atoms with E-state index in [1.807, 2.05) is 0 Å². The Morgan fingerprint density at radius 1 is 1.06 bits per heavy atom. The molecule has 0 spiro atoms. The first-order valence-corrected chi connectivity index (χ1v) is 7.28. The highest BCUT2D eigenvalue weighted by atomic mass is 16.3. The third kappa shape index (κ3) is 5.84. The predicted octanol–water partition coefficient (Wildman–Crippen LogP) is 1.95. The van der Waals surface area contributed by atoms with Crippen molar-refractivity contribution in [3.05, 3.63) is 0 Å². The number of hydrogen-bond donors (Lipinski definition) is 1. The van der Waals surface area contributed by atoms with Crippen LogP contribution in [-0.4, -0.2) is 59.8 Å². The quantitative estimate of drug-likeness (QED) is 0.739. The summed E-state index contributed by atoms with van der Waals surface area (Å²) in [4.78, 5) is 5.03. The molecule has 0 aromatic carbocycles. The highest BCUT2D eigenvalue weighted by Gasteiger charge is 2.18. The molecule has 0 radical (unpaired) electrons. The van der Waals surface area contributed by atoms with E-state index in [9.17, 15) is 5.11 Å². The lowest BCUT2D eigenvalue weighted by Crippen LogP contribution is -2.49. The molecule has 1 saturated heterocycles. The summed E-state index contributed by atoms with van der Waals surface area (Å²) in [6.45, 7) is 12.5. The molecule has 102 valence electrons. The van der Waals surface area contributed by atoms with Crippen molar-refractivity contribution in [1.82, 2.24) is 9.80 Å². The van der Waals surface area contributed by atoms with Crippen molar-refractivity contribution in [2.24, 2.45) is 0 Å². The number of hydrogen-bond acceptors (Lipinski definition) is 3. The zero-order valence-corrected chi connectivity index (χ0v) is 11.9. The highest BCUT2D eigenvalue weighted by molar-refractivity contribution is 4.74. The van der Waals surface area contributed by atoms with Crippen molar-refractivity contribution >= 4 is 0 Å². The molecule has 1 heterocycles. The van der Waals surface area contributed by atoms with Crippen LogP contribution in [0.25, 0.3) is 0 Å². The number of rotatable bonds is 7. The van der Waals surface area contributed by atoms with Crippen molar-refractivity contribution < 1.29 is 5.11 Å². The van der Waals surface area contributed by atoms with Gasteiger partial charge in [0.15, 0.2) is 0 Å². The van der Waals surface area contributed by atoms with E-state index in [-0.39, 0.29) is 6.10 Å². The maximum Gasteiger partial charge on any atom is 0.0552 e. The fourth-order valence-electron chi connectivity index (χ4n) is 2.42. The maximum atomic E-state index is 9.81. The topological polar surface area (TPSA) is 26.7 Å². The summed E-state index contributed by atoms with van der Waals surface area (Å²) in [7, 11) is 0. The van der Waals surface area contributed by atoms with Gasteiger partial charge in [-0.05, 0) is 26.7 Å². The van der Waals surface area contributed by atoms with E-state index in [1.165, 1.54) is 32.6 Å². The van der Waals surface area contributed by atoms with Crippen LogP contribution in [0.1, 0.15) is 46.5 Å². The molecule has 0 bridgehead atoms. The van der Waals surface area contributed by atoms with Gasteiger partial charge in [0.2, 0.25) is 0 Å². The largest absolute Gasteiger partial charge is 0.393 e. The van der Waals surface area contributed by atoms with Gasteiger partial charge in [0.1, 0.15) is 0 Å². The van der Waals surface area contributed by atoms with E-state index in [0.717, 1.165) is 25.8 Å². The maximum absolute atomic E-state index is 9.81. The van der Waals surface area contributed by atoms with E-state index in [0.29, 0.717) is 6.04 Å². The van der Waals surface area contributed by atoms with E-state index in [1.54, 1.807) is 0 Å². The fourth-order valence-corrected chi connectivity index (χ4v) is 2.42. The Morgan fingerprint density at radius 3 is 2.24 bits per heavy atom. The molecule has 0 unspecified atom stereocenters. The average molecular weight is 242 g/mol. The molecule has 0 saturated carbocycles. The van der Waals surface area contributed by atoms with Crippen LogP contribution >= 0.6 is 0 Å². The van der Waals surface area contributed by atoms with Crippen molar-refractivity contribution in [3.8, 4) is 0 Å². The van der Waals surface area contributed by atoms with Crippen LogP contribution in [0.5, 0.6) is 0 Å². The Hall–Kier alpha value is -0.120. The molecule has 0 aromatic rings. The van der Waals surface area contributed by atoms with E-state index in [2.05, 4.69) is 30.6 Å². The first kappa shape index (κ1) is 14.9. The monoisotopic (exact) mass is 242 g/mol. The molecule has 3 nitrogen and oxygen atoms in total. The van der Waals surface area contributed by atoms with Gasteiger partial charge in [-0.3, -0.25) is 4.90 Å². The first-order chi connectivity index (χ1) is 8.13. The summed E-state index contributed by atoms with van der Waals surface area (Å²) in [6.07, 6.45) is 4.18. The Labute approximate surface area is 107 Å². The molecular weight excluding hydrogens is 212 g/mol. The van der Waals surface area contributed by atoms with Crippen LogP contribution in [0.2, 0.25) is 0 Å². The third-order valence-electron chi connectivity index (χ3n) is 3.81. The zero-order chi connectivity index (χ0) is 12.7. The lowest BCUT2D eigenvalue weighted by Gasteiger charge is -2.37. The highest BCUT2D eigenvalue weighted by Crippen LogP contribution is 2.09. The molecule has 1 fully saturated rings. The zero-order valence-electron chi connectivity index (χ0n) is 11.9. The van der Waals surface area contributed by atoms with Crippen LogP contribution < -0.4 is 0 Å². The van der Waals surface area contributed by atoms with Gasteiger partial charge in [0, 0.05) is 38.8 Å². The summed E-state index contributed by atoms with van der Waals surface area (Å²) in [6, 6.07) is 0.673. The smallest absolute Gasteiger partial charge is 0.0552 e. The molecule has 0 amide bonds. The van der Waals surface area contributed by atoms with Crippen molar-refractivity contribution in [1.29, 1.82) is 0 Å². The minimum atomic E-state index is -0.0851. The molecule has 1 aliphatic heterocycles. The Kier molecular flexibility index (Phi) is 7.09. The van der Waals surface area contributed by atoms with Crippen LogP contribution in [0.4, 0.5) is 0 Å². The molecular formula is C14H30N2O. The number of aliphatic hydroxyl groups is 1. The van der Waals surface area contributed by atoms with Crippen LogP contribution in [-0.2, 0) is 0 Å². The average Bonchev–Trinajstić information content (AvgIpc) is 2.34. The van der Waals surface area contributed by atoms with Gasteiger partial charge in [-0.15, -0.1) is 0 Å². The molecule has 3 heteroatoms. The number of nitrogens with zero attached hydrogens (tertiary/aromatic N) is 2. The van der Waals surface area contributed by atoms with Crippen molar-refractivity contribution in [3.63, 3.8) is 0 Å². The van der Waals surface area contributed by atoms with Crippen molar-refractivity contribution in [2.75, 3.05) is 32.7 Å². The van der Waals surface area contributed by atoms with Gasteiger partial charge in [-0.25, -0.2) is 0 Å². The Bertz CT molecular complexity index is 189. The molecule has 1 aliphatic rings. The minimum Gasteiger partial charge on any atom is -0.393 e. The minimum absolute atomic E-state index is 0.0851. The van der Waals surface area contributed by atoms with Crippen LogP contribution in [0.15, 0.2) is 0 Å². The van der Waals surface area contributed by atoms with Crippen LogP contribution in [0, 0.1) is 0 Å². The lowest BCUT2D eigenvalue weighted by atomic mass is 10.1. The number of unbranched alkanes of at least 4 members (excludes halogenated alkanes) is 1. The molecule has 17 heavy (non-hydrogen) atoms. The molecule has 1 atom stereocenters. The third-order valence-corrected chi connectivity index (χ3v) is 3.81. The summed E-state index contributed by atoms with van der Waals surface area (Å²) in [5.74, 6) is 0. The van der Waals surface area contributed by atoms with E-state index < -0.39 is 0 Å². The Morgan fingerprint density at radius 2 is 1.71 bits per heavy atom. The van der Waals surface area contributed by atoms with Gasteiger partial charge in [-0.1, -0.05) is 19.8 Å². The van der Waals surface area contributed by atoms with Gasteiger partial charge in [0.25, 0.3) is 0 Å². The first-order valence-electron chi connectivity index (χ1n) is 7.28. The summed E-state index contributed by atoms with van der Waals surface area (Å²) in [5, 5.41) is 9.81. The molecule has 1 rings (SSSR count). The lowest BCUT2D eigenvalue weighted by molar-refractivity contribution is 0.0851. The Balaban J connectivity index is 2.09. The normalized spacial score (nSPS) is 21.0. The predicted molar refractivity (Wildman–Crippen MR) is 73.3 cm³/mol. The SMILES string of the molecule is CCCC[C@@H](O)CCN1CCN(C(C)C)CC1. The van der Waals surface area contributed by atoms with Crippen LogP contribution in [0.3, 0.4) is 0 Å². The van der Waals surface area contributed by atoms with Gasteiger partial charge >= 0.3 is 0 Å².